The third-order valence-corrected chi connectivity index (χ3v) is 5.22. The largest absolute Gasteiger partial charge is 0.493 e. The number of hydrogen-bond donors (Lipinski definition) is 1. The summed E-state index contributed by atoms with van der Waals surface area (Å²) < 4.78 is 10.8. The number of carbonyl (C=O) groups excluding carboxylic acids is 2. The van der Waals surface area contributed by atoms with Crippen LogP contribution in [0.1, 0.15) is 5.56 Å². The molecule has 0 saturated carbocycles. The zero-order chi connectivity index (χ0) is 21.8. The van der Waals surface area contributed by atoms with Crippen LogP contribution in [0.2, 0.25) is 10.0 Å². The van der Waals surface area contributed by atoms with Crippen LogP contribution in [0, 0.1) is 0 Å². The summed E-state index contributed by atoms with van der Waals surface area (Å²) in [4.78, 5) is 26.7. The van der Waals surface area contributed by atoms with E-state index in [1.807, 2.05) is 0 Å². The van der Waals surface area contributed by atoms with E-state index in [9.17, 15) is 9.59 Å². The van der Waals surface area contributed by atoms with Crippen molar-refractivity contribution < 1.29 is 19.1 Å². The van der Waals surface area contributed by atoms with Gasteiger partial charge in [-0.2, -0.15) is 0 Å². The minimum Gasteiger partial charge on any atom is -0.493 e. The predicted octanol–water partition coefficient (Wildman–Crippen LogP) is 4.40. The quantitative estimate of drug-likeness (QED) is 0.298. The number of rotatable bonds is 6. The number of benzene rings is 2. The van der Waals surface area contributed by atoms with Crippen molar-refractivity contribution in [2.45, 2.75) is 0 Å². The summed E-state index contributed by atoms with van der Waals surface area (Å²) in [6.07, 6.45) is 3.05. The Morgan fingerprint density at radius 1 is 1.20 bits per heavy atom. The van der Waals surface area contributed by atoms with Crippen LogP contribution >= 0.6 is 35.4 Å². The van der Waals surface area contributed by atoms with E-state index in [0.717, 1.165) is 4.90 Å². The van der Waals surface area contributed by atoms with E-state index in [4.69, 9.17) is 44.9 Å². The van der Waals surface area contributed by atoms with Crippen LogP contribution in [0.15, 0.2) is 54.6 Å². The number of ether oxygens (including phenoxy) is 2. The van der Waals surface area contributed by atoms with E-state index in [1.165, 1.54) is 13.2 Å². The Morgan fingerprint density at radius 2 is 1.97 bits per heavy atom. The smallest absolute Gasteiger partial charge is 0.270 e. The Labute approximate surface area is 188 Å². The maximum Gasteiger partial charge on any atom is 0.270 e. The minimum absolute atomic E-state index is 0.0860. The van der Waals surface area contributed by atoms with Crippen LogP contribution < -0.4 is 19.7 Å². The molecule has 6 nitrogen and oxygen atoms in total. The molecule has 1 aliphatic rings. The highest BCUT2D eigenvalue weighted by Gasteiger charge is 2.35. The highest BCUT2D eigenvalue weighted by molar-refractivity contribution is 7.80. The fourth-order valence-corrected chi connectivity index (χ4v) is 3.40. The highest BCUT2D eigenvalue weighted by Crippen LogP contribution is 2.35. The molecule has 9 heteroatoms. The van der Waals surface area contributed by atoms with Crippen LogP contribution in [-0.4, -0.2) is 30.6 Å². The molecule has 1 saturated heterocycles. The Hall–Kier alpha value is -2.87. The van der Waals surface area contributed by atoms with E-state index in [1.54, 1.807) is 42.5 Å². The van der Waals surface area contributed by atoms with Gasteiger partial charge >= 0.3 is 0 Å². The van der Waals surface area contributed by atoms with Crippen molar-refractivity contribution in [1.82, 2.24) is 5.32 Å². The van der Waals surface area contributed by atoms with Crippen LogP contribution in [-0.2, 0) is 9.59 Å². The van der Waals surface area contributed by atoms with Crippen LogP contribution in [0.4, 0.5) is 5.69 Å². The maximum atomic E-state index is 13.1. The molecule has 0 radical (unpaired) electrons. The lowest BCUT2D eigenvalue weighted by molar-refractivity contribution is -0.122. The predicted molar refractivity (Wildman–Crippen MR) is 121 cm³/mol. The molecule has 0 unspecified atom stereocenters. The average molecular weight is 463 g/mol. The number of nitrogens with one attached hydrogen (secondary N) is 1. The van der Waals surface area contributed by atoms with Gasteiger partial charge in [0.25, 0.3) is 11.8 Å². The van der Waals surface area contributed by atoms with Crippen LogP contribution in [0.3, 0.4) is 0 Å². The maximum absolute atomic E-state index is 13.1. The first-order chi connectivity index (χ1) is 14.4. The Bertz CT molecular complexity index is 1080. The Morgan fingerprint density at radius 3 is 2.67 bits per heavy atom. The number of halogens is 2. The minimum atomic E-state index is -0.626. The zero-order valence-electron chi connectivity index (χ0n) is 15.8. The Kier molecular flexibility index (Phi) is 6.77. The molecule has 30 heavy (non-hydrogen) atoms. The van der Waals surface area contributed by atoms with Crippen LogP contribution in [0.5, 0.6) is 11.5 Å². The number of methoxy groups -OCH3 is 1. The van der Waals surface area contributed by atoms with Gasteiger partial charge < -0.3 is 9.47 Å². The second kappa shape index (κ2) is 9.30. The number of thiocarbonyl (C=S) groups is 1. The number of amides is 2. The van der Waals surface area contributed by atoms with Crippen molar-refractivity contribution in [2.75, 3.05) is 18.6 Å². The lowest BCUT2D eigenvalue weighted by Crippen LogP contribution is -2.54. The van der Waals surface area contributed by atoms with Gasteiger partial charge in [0.15, 0.2) is 16.6 Å². The van der Waals surface area contributed by atoms with Gasteiger partial charge in [0.1, 0.15) is 12.2 Å². The molecule has 1 fully saturated rings. The topological polar surface area (TPSA) is 67.9 Å². The van der Waals surface area contributed by atoms with Gasteiger partial charge in [-0.25, -0.2) is 0 Å². The van der Waals surface area contributed by atoms with E-state index < -0.39 is 11.8 Å². The molecule has 0 spiro atoms. The molecule has 1 N–H and O–H groups in total. The molecule has 0 bridgehead atoms. The first kappa shape index (κ1) is 21.8. The molecule has 0 aromatic heterocycles. The van der Waals surface area contributed by atoms with Crippen molar-refractivity contribution in [1.29, 1.82) is 0 Å². The van der Waals surface area contributed by atoms with Crippen molar-refractivity contribution in [3.8, 4) is 11.5 Å². The number of hydrogen-bond acceptors (Lipinski definition) is 5. The third-order valence-electron chi connectivity index (χ3n) is 4.13. The summed E-state index contributed by atoms with van der Waals surface area (Å²) in [6.45, 7) is 3.91. The fraction of sp³-hybridized carbons (Fsp3) is 0.0952. The molecule has 1 heterocycles. The fourth-order valence-electron chi connectivity index (χ4n) is 2.75. The van der Waals surface area contributed by atoms with Gasteiger partial charge in [0.2, 0.25) is 0 Å². The molecule has 2 aromatic rings. The van der Waals surface area contributed by atoms with E-state index in [-0.39, 0.29) is 26.4 Å². The lowest BCUT2D eigenvalue weighted by Gasteiger charge is -2.29. The summed E-state index contributed by atoms with van der Waals surface area (Å²) in [5.74, 6) is -0.295. The standard InChI is InChI=1S/C21H16Cl2N2O4S/c1-3-9-29-16-8-7-12(11-17(16)28-2)10-13-19(26)24-21(30)25(20(13)27)15-6-4-5-14(22)18(15)23/h3-8,10-11H,1,9H2,2H3,(H,24,26,30). The van der Waals surface area contributed by atoms with E-state index in [2.05, 4.69) is 11.9 Å². The highest BCUT2D eigenvalue weighted by atomic mass is 35.5. The summed E-state index contributed by atoms with van der Waals surface area (Å²) in [7, 11) is 1.49. The summed E-state index contributed by atoms with van der Waals surface area (Å²) in [5.41, 5.74) is 0.707. The monoisotopic (exact) mass is 462 g/mol. The molecule has 2 amide bonds. The molecule has 0 atom stereocenters. The van der Waals surface area contributed by atoms with E-state index >= 15 is 0 Å². The number of nitrogens with zero attached hydrogens (tertiary/aromatic N) is 1. The first-order valence-corrected chi connectivity index (χ1v) is 9.81. The van der Waals surface area contributed by atoms with Crippen molar-refractivity contribution in [3.05, 3.63) is 70.2 Å². The van der Waals surface area contributed by atoms with Gasteiger partial charge in [0.05, 0.1) is 22.8 Å². The number of carbonyl (C=O) groups is 2. The molecule has 1 aliphatic heterocycles. The van der Waals surface area contributed by atoms with Crippen molar-refractivity contribution >= 4 is 64.1 Å². The molecular weight excluding hydrogens is 447 g/mol. The van der Waals surface area contributed by atoms with Gasteiger partial charge in [-0.3, -0.25) is 19.8 Å². The second-order valence-electron chi connectivity index (χ2n) is 6.04. The van der Waals surface area contributed by atoms with Crippen molar-refractivity contribution in [3.63, 3.8) is 0 Å². The molecular formula is C21H16Cl2N2O4S. The molecule has 2 aromatic carbocycles. The van der Waals surface area contributed by atoms with Gasteiger partial charge in [0, 0.05) is 0 Å². The average Bonchev–Trinajstić information content (AvgIpc) is 2.72. The van der Waals surface area contributed by atoms with Crippen molar-refractivity contribution in [2.24, 2.45) is 0 Å². The SMILES string of the molecule is C=CCOc1ccc(C=C2C(=O)NC(=S)N(c3cccc(Cl)c3Cl)C2=O)cc1OC. The summed E-state index contributed by atoms with van der Waals surface area (Å²) in [6, 6.07) is 9.82. The summed E-state index contributed by atoms with van der Waals surface area (Å²) in [5, 5.41) is 2.82. The normalized spacial score (nSPS) is 15.2. The van der Waals surface area contributed by atoms with E-state index in [0.29, 0.717) is 23.7 Å². The molecule has 3 rings (SSSR count). The number of anilines is 1. The first-order valence-electron chi connectivity index (χ1n) is 8.64. The molecule has 154 valence electrons. The third kappa shape index (κ3) is 4.33. The van der Waals surface area contributed by atoms with Gasteiger partial charge in [-0.05, 0) is 48.1 Å². The molecule has 0 aliphatic carbocycles. The lowest BCUT2D eigenvalue weighted by atomic mass is 10.1. The van der Waals surface area contributed by atoms with Gasteiger partial charge in [-0.1, -0.05) is 48.0 Å². The zero-order valence-corrected chi connectivity index (χ0v) is 18.1. The van der Waals surface area contributed by atoms with Crippen LogP contribution in [0.25, 0.3) is 6.08 Å². The Balaban J connectivity index is 2.00. The van der Waals surface area contributed by atoms with Gasteiger partial charge in [-0.15, -0.1) is 0 Å². The second-order valence-corrected chi connectivity index (χ2v) is 7.21. The summed E-state index contributed by atoms with van der Waals surface area (Å²) >= 11 is 17.5.